The van der Waals surface area contributed by atoms with E-state index in [2.05, 4.69) is 14.9 Å². The second-order valence-electron chi connectivity index (χ2n) is 5.12. The summed E-state index contributed by atoms with van der Waals surface area (Å²) in [5, 5.41) is 1.03. The molecule has 1 aliphatic rings. The Kier molecular flexibility index (Phi) is 4.71. The van der Waals surface area contributed by atoms with Crippen LogP contribution in [0, 0.1) is 6.92 Å². The van der Waals surface area contributed by atoms with Crippen molar-refractivity contribution in [3.8, 4) is 17.2 Å². The SMILES string of the molecule is COc1cc(N2C=NC=CC2c2cnc(C)s2)cc(OC)c1OC. The van der Waals surface area contributed by atoms with Gasteiger partial charge in [0.05, 0.1) is 49.3 Å². The lowest BCUT2D eigenvalue weighted by atomic mass is 10.1. The lowest BCUT2D eigenvalue weighted by Crippen LogP contribution is -2.27. The fraction of sp³-hybridized carbons (Fsp3) is 0.294. The molecule has 0 bridgehead atoms. The Bertz CT molecular complexity index is 760. The summed E-state index contributed by atoms with van der Waals surface area (Å²) in [4.78, 5) is 11.8. The number of hydrogen-bond acceptors (Lipinski definition) is 7. The quantitative estimate of drug-likeness (QED) is 0.829. The molecule has 0 aliphatic carbocycles. The number of aromatic nitrogens is 1. The Balaban J connectivity index is 2.05. The number of rotatable bonds is 5. The van der Waals surface area contributed by atoms with Gasteiger partial charge in [-0.1, -0.05) is 0 Å². The molecular weight excluding hydrogens is 326 g/mol. The van der Waals surface area contributed by atoms with Crippen molar-refractivity contribution in [2.75, 3.05) is 26.2 Å². The predicted octanol–water partition coefficient (Wildman–Crippen LogP) is 3.58. The van der Waals surface area contributed by atoms with Gasteiger partial charge in [0.15, 0.2) is 11.5 Å². The molecule has 1 aromatic carbocycles. The van der Waals surface area contributed by atoms with Crippen molar-refractivity contribution in [3.05, 3.63) is 40.5 Å². The van der Waals surface area contributed by atoms with E-state index in [1.165, 1.54) is 0 Å². The van der Waals surface area contributed by atoms with Gasteiger partial charge >= 0.3 is 0 Å². The molecule has 1 aromatic heterocycles. The van der Waals surface area contributed by atoms with Crippen LogP contribution in [0.15, 0.2) is 35.6 Å². The van der Waals surface area contributed by atoms with E-state index in [1.807, 2.05) is 31.3 Å². The summed E-state index contributed by atoms with van der Waals surface area (Å²) in [6.07, 6.45) is 7.53. The largest absolute Gasteiger partial charge is 0.493 e. The minimum absolute atomic E-state index is 0.0245. The third-order valence-electron chi connectivity index (χ3n) is 3.72. The number of anilines is 1. The summed E-state index contributed by atoms with van der Waals surface area (Å²) in [5.74, 6) is 1.78. The van der Waals surface area contributed by atoms with Crippen LogP contribution in [0.1, 0.15) is 15.9 Å². The number of aryl methyl sites for hydroxylation is 1. The Hall–Kier alpha value is -2.54. The molecule has 0 spiro atoms. The molecule has 0 amide bonds. The predicted molar refractivity (Wildman–Crippen MR) is 95.8 cm³/mol. The van der Waals surface area contributed by atoms with Crippen LogP contribution >= 0.6 is 11.3 Å². The van der Waals surface area contributed by atoms with Gasteiger partial charge in [-0.25, -0.2) is 9.98 Å². The molecule has 1 aliphatic heterocycles. The van der Waals surface area contributed by atoms with Gasteiger partial charge in [0.25, 0.3) is 0 Å². The molecule has 126 valence electrons. The minimum atomic E-state index is 0.0245. The maximum Gasteiger partial charge on any atom is 0.203 e. The summed E-state index contributed by atoms with van der Waals surface area (Å²) >= 11 is 1.67. The van der Waals surface area contributed by atoms with E-state index in [-0.39, 0.29) is 6.04 Å². The lowest BCUT2D eigenvalue weighted by molar-refractivity contribution is 0.324. The average Bonchev–Trinajstić information content (AvgIpc) is 3.06. The standard InChI is InChI=1S/C17H19N3O3S/c1-11-19-9-16(24-11)13-5-6-18-10-20(13)12-7-14(21-2)17(23-4)15(8-12)22-3/h5-10,13H,1-4H3. The van der Waals surface area contributed by atoms with Crippen molar-refractivity contribution in [1.82, 2.24) is 4.98 Å². The van der Waals surface area contributed by atoms with Crippen LogP contribution in [0.25, 0.3) is 0 Å². The molecule has 1 atom stereocenters. The summed E-state index contributed by atoms with van der Waals surface area (Å²) in [7, 11) is 4.80. The van der Waals surface area contributed by atoms with Crippen molar-refractivity contribution >= 4 is 23.4 Å². The van der Waals surface area contributed by atoms with Crippen LogP contribution in [0.4, 0.5) is 5.69 Å². The van der Waals surface area contributed by atoms with Crippen LogP contribution < -0.4 is 19.1 Å². The first-order valence-corrected chi connectivity index (χ1v) is 8.20. The monoisotopic (exact) mass is 345 g/mol. The van der Waals surface area contributed by atoms with Gasteiger partial charge < -0.3 is 19.1 Å². The summed E-state index contributed by atoms with van der Waals surface area (Å²) in [6.45, 7) is 2.00. The molecule has 24 heavy (non-hydrogen) atoms. The van der Waals surface area contributed by atoms with Crippen LogP contribution in [0.3, 0.4) is 0 Å². The van der Waals surface area contributed by atoms with Gasteiger partial charge in [0.1, 0.15) is 0 Å². The number of ether oxygens (including phenoxy) is 3. The average molecular weight is 345 g/mol. The van der Waals surface area contributed by atoms with E-state index < -0.39 is 0 Å². The topological polar surface area (TPSA) is 56.2 Å². The molecule has 0 N–H and O–H groups in total. The second kappa shape index (κ2) is 6.92. The molecule has 3 rings (SSSR count). The van der Waals surface area contributed by atoms with Gasteiger partial charge in [0.2, 0.25) is 5.75 Å². The van der Waals surface area contributed by atoms with E-state index in [1.54, 1.807) is 45.2 Å². The third-order valence-corrected chi connectivity index (χ3v) is 4.71. The summed E-state index contributed by atoms with van der Waals surface area (Å²) in [5.41, 5.74) is 0.897. The second-order valence-corrected chi connectivity index (χ2v) is 6.39. The van der Waals surface area contributed by atoms with E-state index in [9.17, 15) is 0 Å². The van der Waals surface area contributed by atoms with Gasteiger partial charge in [-0.2, -0.15) is 0 Å². The van der Waals surface area contributed by atoms with Crippen molar-refractivity contribution in [2.24, 2.45) is 4.99 Å². The smallest absolute Gasteiger partial charge is 0.203 e. The van der Waals surface area contributed by atoms with E-state index in [4.69, 9.17) is 14.2 Å². The highest BCUT2D eigenvalue weighted by Gasteiger charge is 2.24. The molecule has 1 unspecified atom stereocenters. The van der Waals surface area contributed by atoms with Gasteiger partial charge in [-0.05, 0) is 13.0 Å². The number of hydrogen-bond donors (Lipinski definition) is 0. The molecular formula is C17H19N3O3S. The number of nitrogens with zero attached hydrogens (tertiary/aromatic N) is 3. The van der Waals surface area contributed by atoms with Crippen molar-refractivity contribution < 1.29 is 14.2 Å². The molecule has 0 saturated carbocycles. The molecule has 2 aromatic rings. The number of methoxy groups -OCH3 is 3. The maximum atomic E-state index is 5.45. The first kappa shape index (κ1) is 16.3. The molecule has 2 heterocycles. The van der Waals surface area contributed by atoms with E-state index in [0.29, 0.717) is 17.2 Å². The van der Waals surface area contributed by atoms with Crippen LogP contribution in [-0.4, -0.2) is 32.7 Å². The normalized spacial score (nSPS) is 16.3. The summed E-state index contributed by atoms with van der Waals surface area (Å²) in [6, 6.07) is 3.84. The number of thiazole rings is 1. The molecule has 0 saturated heterocycles. The Morgan fingerprint density at radius 3 is 2.33 bits per heavy atom. The highest BCUT2D eigenvalue weighted by molar-refractivity contribution is 7.11. The zero-order valence-electron chi connectivity index (χ0n) is 14.0. The Morgan fingerprint density at radius 1 is 1.08 bits per heavy atom. The Labute approximate surface area is 145 Å². The van der Waals surface area contributed by atoms with E-state index >= 15 is 0 Å². The molecule has 0 radical (unpaired) electrons. The van der Waals surface area contributed by atoms with E-state index in [0.717, 1.165) is 15.6 Å². The van der Waals surface area contributed by atoms with Gasteiger partial charge in [0, 0.05) is 24.5 Å². The first-order chi connectivity index (χ1) is 11.7. The lowest BCUT2D eigenvalue weighted by Gasteiger charge is -2.29. The minimum Gasteiger partial charge on any atom is -0.493 e. The molecule has 6 nitrogen and oxygen atoms in total. The maximum absolute atomic E-state index is 5.45. The highest BCUT2D eigenvalue weighted by Crippen LogP contribution is 2.43. The fourth-order valence-corrected chi connectivity index (χ4v) is 3.46. The van der Waals surface area contributed by atoms with Crippen LogP contribution in [0.2, 0.25) is 0 Å². The van der Waals surface area contributed by atoms with Gasteiger partial charge in [-0.15, -0.1) is 11.3 Å². The summed E-state index contributed by atoms with van der Waals surface area (Å²) < 4.78 is 16.3. The first-order valence-electron chi connectivity index (χ1n) is 7.38. The zero-order chi connectivity index (χ0) is 17.1. The number of benzene rings is 1. The number of aliphatic imine (C=N–C) groups is 1. The van der Waals surface area contributed by atoms with Crippen molar-refractivity contribution in [1.29, 1.82) is 0 Å². The molecule has 7 heteroatoms. The fourth-order valence-electron chi connectivity index (χ4n) is 2.60. The van der Waals surface area contributed by atoms with Crippen molar-refractivity contribution in [2.45, 2.75) is 13.0 Å². The van der Waals surface area contributed by atoms with Crippen LogP contribution in [-0.2, 0) is 0 Å². The Morgan fingerprint density at radius 2 is 1.79 bits per heavy atom. The molecule has 0 fully saturated rings. The third kappa shape index (κ3) is 2.94. The highest BCUT2D eigenvalue weighted by atomic mass is 32.1. The van der Waals surface area contributed by atoms with Crippen LogP contribution in [0.5, 0.6) is 17.2 Å². The van der Waals surface area contributed by atoms with Gasteiger partial charge in [-0.3, -0.25) is 0 Å². The van der Waals surface area contributed by atoms with Crippen molar-refractivity contribution in [3.63, 3.8) is 0 Å². The zero-order valence-corrected chi connectivity index (χ0v) is 14.8.